The molecule has 1 aliphatic rings. The van der Waals surface area contributed by atoms with Gasteiger partial charge in [0.05, 0.1) is 0 Å². The maximum absolute atomic E-state index is 12.6. The van der Waals surface area contributed by atoms with Crippen LogP contribution in [0.2, 0.25) is 5.02 Å². The third-order valence-electron chi connectivity index (χ3n) is 6.97. The summed E-state index contributed by atoms with van der Waals surface area (Å²) in [6, 6.07) is 22.0. The van der Waals surface area contributed by atoms with E-state index in [2.05, 4.69) is 33.9 Å². The summed E-state index contributed by atoms with van der Waals surface area (Å²) in [5.41, 5.74) is 10.5. The van der Waals surface area contributed by atoms with E-state index in [1.54, 1.807) is 0 Å². The molecule has 0 aliphatic carbocycles. The van der Waals surface area contributed by atoms with Crippen LogP contribution in [0.5, 0.6) is 11.5 Å². The van der Waals surface area contributed by atoms with Gasteiger partial charge in [0.1, 0.15) is 17.6 Å². The van der Waals surface area contributed by atoms with Gasteiger partial charge < -0.3 is 19.8 Å². The fourth-order valence-corrected chi connectivity index (χ4v) is 5.27. The number of benzene rings is 3. The van der Waals surface area contributed by atoms with Crippen molar-refractivity contribution in [3.8, 4) is 22.6 Å². The predicted octanol–water partition coefficient (Wildman–Crippen LogP) is 6.66. The van der Waals surface area contributed by atoms with Gasteiger partial charge in [-0.1, -0.05) is 35.9 Å². The Kier molecular flexibility index (Phi) is 8.29. The lowest BCUT2D eigenvalue weighted by atomic mass is 10.0. The number of likely N-dealkylation sites (tertiary alicyclic amines) is 1. The molecule has 0 atom stereocenters. The monoisotopic (exact) mass is 521 g/mol. The number of hydrogen-bond donors (Lipinski definition) is 1. The van der Waals surface area contributed by atoms with E-state index < -0.39 is 6.86 Å². The van der Waals surface area contributed by atoms with E-state index in [0.717, 1.165) is 62.3 Å². The van der Waals surface area contributed by atoms with E-state index in [9.17, 15) is 4.39 Å². The number of nitrogens with zero attached hydrogens (tertiary/aromatic N) is 2. The number of ether oxygens (including phenoxy) is 2. The minimum atomic E-state index is -0.828. The van der Waals surface area contributed by atoms with Crippen LogP contribution in [-0.4, -0.2) is 42.1 Å². The molecular weight excluding hydrogens is 489 g/mol. The third-order valence-corrected chi connectivity index (χ3v) is 7.21. The molecule has 2 N–H and O–H groups in total. The molecule has 0 spiro atoms. The highest BCUT2D eigenvalue weighted by Crippen LogP contribution is 2.33. The molecule has 7 heteroatoms. The zero-order valence-corrected chi connectivity index (χ0v) is 21.7. The molecular formula is C30H33ClFN3O2. The fraction of sp³-hybridized carbons (Fsp3) is 0.333. The van der Waals surface area contributed by atoms with E-state index in [-0.39, 0.29) is 6.10 Å². The second kappa shape index (κ2) is 12.0. The number of aromatic nitrogens is 1. The van der Waals surface area contributed by atoms with Gasteiger partial charge in [0.25, 0.3) is 0 Å². The van der Waals surface area contributed by atoms with Crippen molar-refractivity contribution >= 4 is 22.5 Å². The second-order valence-electron chi connectivity index (χ2n) is 9.56. The van der Waals surface area contributed by atoms with Gasteiger partial charge >= 0.3 is 0 Å². The number of nitrogens with two attached hydrogens (primary N) is 1. The van der Waals surface area contributed by atoms with Gasteiger partial charge in [0.2, 0.25) is 6.86 Å². The van der Waals surface area contributed by atoms with Crippen LogP contribution in [0, 0.1) is 0 Å². The minimum absolute atomic E-state index is 0.213. The second-order valence-corrected chi connectivity index (χ2v) is 9.99. The van der Waals surface area contributed by atoms with Crippen molar-refractivity contribution in [2.75, 3.05) is 26.5 Å². The number of alkyl halides is 1. The zero-order chi connectivity index (χ0) is 25.6. The van der Waals surface area contributed by atoms with Crippen molar-refractivity contribution in [1.82, 2.24) is 9.47 Å². The molecule has 194 valence electrons. The van der Waals surface area contributed by atoms with Crippen LogP contribution >= 0.6 is 11.6 Å². The van der Waals surface area contributed by atoms with Crippen LogP contribution < -0.4 is 15.2 Å². The van der Waals surface area contributed by atoms with E-state index in [0.29, 0.717) is 17.3 Å². The number of fused-ring (bicyclic) bond motifs is 1. The lowest BCUT2D eigenvalue weighted by Gasteiger charge is -2.32. The first-order valence-corrected chi connectivity index (χ1v) is 13.3. The Hall–Kier alpha value is -3.06. The SMILES string of the molecule is NCCCn1cc(-c2ccc(OCF)cc2)c2cc(CN3CCC(Oc4cccc(Cl)c4)CC3)ccc21. The number of rotatable bonds is 10. The standard InChI is InChI=1S/C30H33ClFN3O2/c31-24-3-1-4-27(18-24)37-26-11-15-34(16-12-26)19-22-5-10-30-28(17-22)29(20-35(30)14-2-13-33)23-6-8-25(9-7-23)36-21-32/h1,3-10,17-18,20,26H,2,11-16,19,21,33H2. The van der Waals surface area contributed by atoms with Crippen molar-refractivity contribution in [1.29, 1.82) is 0 Å². The van der Waals surface area contributed by atoms with Gasteiger partial charge in [-0.3, -0.25) is 4.90 Å². The largest absolute Gasteiger partial charge is 0.490 e. The van der Waals surface area contributed by atoms with Crippen molar-refractivity contribution in [3.05, 3.63) is 83.5 Å². The van der Waals surface area contributed by atoms with Gasteiger partial charge in [0, 0.05) is 53.9 Å². The summed E-state index contributed by atoms with van der Waals surface area (Å²) in [6.07, 6.45) is 5.31. The average molecular weight is 522 g/mol. The lowest BCUT2D eigenvalue weighted by molar-refractivity contribution is 0.0968. The Morgan fingerprint density at radius 1 is 0.973 bits per heavy atom. The van der Waals surface area contributed by atoms with Crippen molar-refractivity contribution < 1.29 is 13.9 Å². The summed E-state index contributed by atoms with van der Waals surface area (Å²) in [7, 11) is 0. The van der Waals surface area contributed by atoms with E-state index in [4.69, 9.17) is 26.8 Å². The van der Waals surface area contributed by atoms with Crippen molar-refractivity contribution in [2.24, 2.45) is 5.73 Å². The van der Waals surface area contributed by atoms with Crippen molar-refractivity contribution in [2.45, 2.75) is 38.5 Å². The summed E-state index contributed by atoms with van der Waals surface area (Å²) in [5.74, 6) is 1.37. The number of aryl methyl sites for hydroxylation is 1. The molecule has 4 aromatic rings. The van der Waals surface area contributed by atoms with E-state index in [1.807, 2.05) is 48.5 Å². The first-order valence-electron chi connectivity index (χ1n) is 12.9. The molecule has 0 saturated carbocycles. The van der Waals surface area contributed by atoms with Gasteiger partial charge in [0.15, 0.2) is 0 Å². The molecule has 1 aliphatic heterocycles. The average Bonchev–Trinajstić information content (AvgIpc) is 3.27. The minimum Gasteiger partial charge on any atom is -0.490 e. The molecule has 1 saturated heterocycles. The zero-order valence-electron chi connectivity index (χ0n) is 20.9. The molecule has 1 fully saturated rings. The Bertz CT molecular complexity index is 1320. The third kappa shape index (κ3) is 6.27. The van der Waals surface area contributed by atoms with Gasteiger partial charge in [-0.25, -0.2) is 4.39 Å². The highest BCUT2D eigenvalue weighted by Gasteiger charge is 2.21. The molecule has 2 heterocycles. The van der Waals surface area contributed by atoms with Crippen LogP contribution in [-0.2, 0) is 13.1 Å². The van der Waals surface area contributed by atoms with Crippen molar-refractivity contribution in [3.63, 3.8) is 0 Å². The Morgan fingerprint density at radius 2 is 1.78 bits per heavy atom. The molecule has 5 nitrogen and oxygen atoms in total. The van der Waals surface area contributed by atoms with Crippen LogP contribution in [0.4, 0.5) is 4.39 Å². The maximum Gasteiger partial charge on any atom is 0.228 e. The molecule has 5 rings (SSSR count). The Balaban J connectivity index is 1.31. The number of halogens is 2. The summed E-state index contributed by atoms with van der Waals surface area (Å²) < 4.78 is 26.0. The van der Waals surface area contributed by atoms with Gasteiger partial charge in [-0.15, -0.1) is 0 Å². The highest BCUT2D eigenvalue weighted by molar-refractivity contribution is 6.30. The van der Waals surface area contributed by atoms with Crippen LogP contribution in [0.25, 0.3) is 22.0 Å². The molecule has 0 bridgehead atoms. The summed E-state index contributed by atoms with van der Waals surface area (Å²) in [6.45, 7) is 3.57. The number of hydrogen-bond acceptors (Lipinski definition) is 4. The molecule has 0 radical (unpaired) electrons. The normalized spacial score (nSPS) is 14.8. The fourth-order valence-electron chi connectivity index (χ4n) is 5.09. The lowest BCUT2D eigenvalue weighted by Crippen LogP contribution is -2.37. The van der Waals surface area contributed by atoms with E-state index >= 15 is 0 Å². The Labute approximate surface area is 222 Å². The first-order chi connectivity index (χ1) is 18.1. The van der Waals surface area contributed by atoms with Gasteiger partial charge in [-0.2, -0.15) is 0 Å². The number of piperidine rings is 1. The topological polar surface area (TPSA) is 52.7 Å². The molecule has 3 aromatic carbocycles. The summed E-state index contributed by atoms with van der Waals surface area (Å²) in [4.78, 5) is 2.49. The summed E-state index contributed by atoms with van der Waals surface area (Å²) in [5, 5.41) is 1.92. The maximum atomic E-state index is 12.6. The van der Waals surface area contributed by atoms with Gasteiger partial charge in [-0.05, 0) is 79.4 Å². The molecule has 0 unspecified atom stereocenters. The first kappa shape index (κ1) is 25.6. The molecule has 1 aromatic heterocycles. The highest BCUT2D eigenvalue weighted by atomic mass is 35.5. The molecule has 37 heavy (non-hydrogen) atoms. The molecule has 0 amide bonds. The summed E-state index contributed by atoms with van der Waals surface area (Å²) >= 11 is 6.10. The Morgan fingerprint density at radius 3 is 2.51 bits per heavy atom. The van der Waals surface area contributed by atoms with Crippen LogP contribution in [0.15, 0.2) is 72.9 Å². The van der Waals surface area contributed by atoms with Crippen LogP contribution in [0.1, 0.15) is 24.8 Å². The predicted molar refractivity (Wildman–Crippen MR) is 148 cm³/mol. The van der Waals surface area contributed by atoms with Crippen LogP contribution in [0.3, 0.4) is 0 Å². The quantitative estimate of drug-likeness (QED) is 0.253. The van der Waals surface area contributed by atoms with E-state index in [1.165, 1.54) is 16.5 Å². The smallest absolute Gasteiger partial charge is 0.228 e.